The number of nitrogens with zero attached hydrogens (tertiary/aromatic N) is 2. The molecule has 162 valence electrons. The van der Waals surface area contributed by atoms with Gasteiger partial charge < -0.3 is 4.74 Å². The molecule has 1 saturated heterocycles. The van der Waals surface area contributed by atoms with E-state index in [0.29, 0.717) is 10.1 Å². The smallest absolute Gasteiger partial charge is 0.267 e. The fourth-order valence-electron chi connectivity index (χ4n) is 3.41. The second-order valence-corrected chi connectivity index (χ2v) is 10.5. The Labute approximate surface area is 219 Å². The van der Waals surface area contributed by atoms with E-state index in [2.05, 4.69) is 45.2 Å². The Bertz CT molecular complexity index is 1170. The van der Waals surface area contributed by atoms with Crippen molar-refractivity contribution < 1.29 is 9.53 Å². The lowest BCUT2D eigenvalue weighted by molar-refractivity contribution is -0.123. The van der Waals surface area contributed by atoms with Crippen molar-refractivity contribution in [2.75, 3.05) is 7.11 Å². The van der Waals surface area contributed by atoms with E-state index in [0.717, 1.165) is 29.7 Å². The minimum Gasteiger partial charge on any atom is -0.495 e. The third-order valence-corrected chi connectivity index (χ3v) is 7.60. The van der Waals surface area contributed by atoms with Crippen molar-refractivity contribution in [2.45, 2.75) is 13.0 Å². The molecule has 4 nitrogen and oxygen atoms in total. The summed E-state index contributed by atoms with van der Waals surface area (Å²) in [7, 11) is 1.67. The van der Waals surface area contributed by atoms with Gasteiger partial charge in [-0.25, -0.2) is 4.99 Å². The number of benzene rings is 3. The van der Waals surface area contributed by atoms with Gasteiger partial charge in [-0.2, -0.15) is 0 Å². The fraction of sp³-hybridized carbons (Fsp3) is 0.120. The number of amides is 1. The summed E-state index contributed by atoms with van der Waals surface area (Å²) in [5.74, 6) is 0.811. The van der Waals surface area contributed by atoms with Crippen LogP contribution < -0.4 is 4.74 Å². The molecule has 3 aromatic carbocycles. The van der Waals surface area contributed by atoms with Gasteiger partial charge in [0.25, 0.3) is 5.91 Å². The van der Waals surface area contributed by atoms with Crippen LogP contribution in [0.3, 0.4) is 0 Å². The monoisotopic (exact) mass is 666 g/mol. The number of carbonyl (C=O) groups is 1. The number of halogens is 2. The molecule has 1 aliphatic rings. The van der Waals surface area contributed by atoms with E-state index < -0.39 is 0 Å². The average Bonchev–Trinajstić information content (AvgIpc) is 3.08. The summed E-state index contributed by atoms with van der Waals surface area (Å²) in [6.07, 6.45) is 1.94. The first-order chi connectivity index (χ1) is 15.5. The van der Waals surface area contributed by atoms with Gasteiger partial charge in [0.15, 0.2) is 5.17 Å². The summed E-state index contributed by atoms with van der Waals surface area (Å²) >= 11 is 5.93. The van der Waals surface area contributed by atoms with E-state index >= 15 is 0 Å². The fourth-order valence-corrected chi connectivity index (χ4v) is 6.73. The summed E-state index contributed by atoms with van der Waals surface area (Å²) in [5, 5.41) is 0.682. The Morgan fingerprint density at radius 3 is 2.19 bits per heavy atom. The number of hydrogen-bond acceptors (Lipinski definition) is 4. The van der Waals surface area contributed by atoms with Gasteiger partial charge in [0.2, 0.25) is 0 Å². The lowest BCUT2D eigenvalue weighted by Crippen LogP contribution is -2.32. The summed E-state index contributed by atoms with van der Waals surface area (Å²) in [6, 6.07) is 23.7. The SMILES string of the molecule is COc1c(I)cc(/C=C2/SC(=Nc3ccccc3)N([C@H](C)c3ccccc3)C2=O)cc1I. The maximum absolute atomic E-state index is 13.5. The first kappa shape index (κ1) is 23.3. The molecule has 0 N–H and O–H groups in total. The summed E-state index contributed by atoms with van der Waals surface area (Å²) < 4.78 is 7.48. The number of amidine groups is 1. The van der Waals surface area contributed by atoms with Crippen molar-refractivity contribution in [3.05, 3.63) is 96.0 Å². The van der Waals surface area contributed by atoms with Crippen molar-refractivity contribution in [1.82, 2.24) is 4.90 Å². The molecule has 1 amide bonds. The van der Waals surface area contributed by atoms with Crippen LogP contribution in [0.2, 0.25) is 0 Å². The number of thioether (sulfide) groups is 1. The van der Waals surface area contributed by atoms with E-state index in [1.807, 2.05) is 85.8 Å². The molecular formula is C25H20I2N2O2S. The zero-order chi connectivity index (χ0) is 22.7. The number of rotatable bonds is 5. The van der Waals surface area contributed by atoms with Crippen LogP contribution in [-0.4, -0.2) is 23.1 Å². The molecule has 0 aliphatic carbocycles. The van der Waals surface area contributed by atoms with Crippen LogP contribution in [0.5, 0.6) is 5.75 Å². The van der Waals surface area contributed by atoms with E-state index in [1.54, 1.807) is 12.0 Å². The van der Waals surface area contributed by atoms with Crippen molar-refractivity contribution in [3.63, 3.8) is 0 Å². The van der Waals surface area contributed by atoms with Crippen LogP contribution in [0, 0.1) is 7.14 Å². The van der Waals surface area contributed by atoms with Crippen LogP contribution in [0.4, 0.5) is 5.69 Å². The number of ether oxygens (including phenoxy) is 1. The quantitative estimate of drug-likeness (QED) is 0.213. The first-order valence-electron chi connectivity index (χ1n) is 9.92. The highest BCUT2D eigenvalue weighted by Crippen LogP contribution is 2.40. The summed E-state index contributed by atoms with van der Waals surface area (Å²) in [5.41, 5.74) is 2.85. The van der Waals surface area contributed by atoms with Crippen molar-refractivity contribution in [2.24, 2.45) is 4.99 Å². The summed E-state index contributed by atoms with van der Waals surface area (Å²) in [4.78, 5) is 20.8. The summed E-state index contributed by atoms with van der Waals surface area (Å²) in [6.45, 7) is 2.04. The average molecular weight is 666 g/mol. The minimum atomic E-state index is -0.138. The molecule has 0 aromatic heterocycles. The standard InChI is InChI=1S/C25H20I2N2O2S/c1-16(18-9-5-3-6-10-18)29-24(30)22(32-25(29)28-19-11-7-4-8-12-19)15-17-13-20(26)23(31-2)21(27)14-17/h3-16H,1-2H3/b22-15+,28-25?/t16-/m1/s1. The molecule has 0 bridgehead atoms. The maximum atomic E-state index is 13.5. The van der Waals surface area contributed by atoms with Gasteiger partial charge in [0.05, 0.1) is 30.9 Å². The predicted molar refractivity (Wildman–Crippen MR) is 149 cm³/mol. The van der Waals surface area contributed by atoms with Gasteiger partial charge in [0, 0.05) is 0 Å². The molecule has 7 heteroatoms. The molecule has 1 fully saturated rings. The Hall–Kier alpha value is -1.85. The van der Waals surface area contributed by atoms with E-state index in [9.17, 15) is 4.79 Å². The highest BCUT2D eigenvalue weighted by molar-refractivity contribution is 14.1. The topological polar surface area (TPSA) is 41.9 Å². The van der Waals surface area contributed by atoms with Crippen molar-refractivity contribution in [1.29, 1.82) is 0 Å². The van der Waals surface area contributed by atoms with Gasteiger partial charge >= 0.3 is 0 Å². The van der Waals surface area contributed by atoms with Crippen LogP contribution >= 0.6 is 56.9 Å². The molecule has 0 unspecified atom stereocenters. The zero-order valence-electron chi connectivity index (χ0n) is 17.5. The lowest BCUT2D eigenvalue weighted by Gasteiger charge is -2.24. The maximum Gasteiger partial charge on any atom is 0.267 e. The first-order valence-corrected chi connectivity index (χ1v) is 12.9. The van der Waals surface area contributed by atoms with Gasteiger partial charge in [-0.3, -0.25) is 9.69 Å². The Balaban J connectivity index is 1.75. The number of carbonyl (C=O) groups excluding carboxylic acids is 1. The van der Waals surface area contributed by atoms with E-state index in [4.69, 9.17) is 9.73 Å². The Kier molecular flexibility index (Phi) is 7.57. The lowest BCUT2D eigenvalue weighted by atomic mass is 10.1. The number of aliphatic imine (C=N–C) groups is 1. The molecule has 1 aliphatic heterocycles. The molecule has 1 heterocycles. The third-order valence-electron chi connectivity index (χ3n) is 5.01. The van der Waals surface area contributed by atoms with Crippen LogP contribution in [-0.2, 0) is 4.79 Å². The second-order valence-electron chi connectivity index (χ2n) is 7.12. The van der Waals surface area contributed by atoms with Crippen LogP contribution in [0.25, 0.3) is 6.08 Å². The van der Waals surface area contributed by atoms with Crippen molar-refractivity contribution >= 4 is 79.8 Å². The van der Waals surface area contributed by atoms with Crippen molar-refractivity contribution in [3.8, 4) is 5.75 Å². The number of para-hydroxylation sites is 1. The predicted octanol–water partition coefficient (Wildman–Crippen LogP) is 7.27. The minimum absolute atomic E-state index is 0.0399. The van der Waals surface area contributed by atoms with E-state index in [1.165, 1.54) is 11.8 Å². The van der Waals surface area contributed by atoms with Gasteiger partial charge in [-0.1, -0.05) is 48.5 Å². The highest BCUT2D eigenvalue weighted by atomic mass is 127. The Morgan fingerprint density at radius 2 is 1.59 bits per heavy atom. The number of hydrogen-bond donors (Lipinski definition) is 0. The normalized spacial score (nSPS) is 17.2. The zero-order valence-corrected chi connectivity index (χ0v) is 22.6. The third kappa shape index (κ3) is 5.04. The van der Waals surface area contributed by atoms with Crippen LogP contribution in [0.1, 0.15) is 24.1 Å². The van der Waals surface area contributed by atoms with Gasteiger partial charge in [0.1, 0.15) is 5.75 Å². The molecule has 32 heavy (non-hydrogen) atoms. The Morgan fingerprint density at radius 1 is 1.00 bits per heavy atom. The molecular weight excluding hydrogens is 646 g/mol. The van der Waals surface area contributed by atoms with E-state index in [-0.39, 0.29) is 11.9 Å². The van der Waals surface area contributed by atoms with Gasteiger partial charge in [-0.15, -0.1) is 0 Å². The second kappa shape index (κ2) is 10.4. The molecule has 1 atom stereocenters. The molecule has 0 saturated carbocycles. The largest absolute Gasteiger partial charge is 0.495 e. The number of methoxy groups -OCH3 is 1. The highest BCUT2D eigenvalue weighted by Gasteiger charge is 2.37. The molecule has 4 rings (SSSR count). The molecule has 0 radical (unpaired) electrons. The molecule has 0 spiro atoms. The van der Waals surface area contributed by atoms with Crippen LogP contribution in [0.15, 0.2) is 82.7 Å². The molecule has 3 aromatic rings. The van der Waals surface area contributed by atoms with Gasteiger partial charge in [-0.05, 0) is 105 Å².